The molecule has 1 aromatic carbocycles. The second-order valence-electron chi connectivity index (χ2n) is 6.89. The van der Waals surface area contributed by atoms with Gasteiger partial charge in [0, 0.05) is 5.69 Å². The van der Waals surface area contributed by atoms with Gasteiger partial charge in [0.2, 0.25) is 0 Å². The highest BCUT2D eigenvalue weighted by molar-refractivity contribution is 5.87. The second-order valence-corrected chi connectivity index (χ2v) is 6.89. The predicted molar refractivity (Wildman–Crippen MR) is 83.3 cm³/mol. The van der Waals surface area contributed by atoms with Gasteiger partial charge in [0.15, 0.2) is 5.69 Å². The van der Waals surface area contributed by atoms with Gasteiger partial charge in [0.25, 0.3) is 0 Å². The number of carbonyl (C=O) groups excluding carboxylic acids is 1. The fourth-order valence-electron chi connectivity index (χ4n) is 3.62. The molecular formula is C18H17F3N2O2. The number of hydrogen-bond donors (Lipinski definition) is 0. The van der Waals surface area contributed by atoms with Crippen molar-refractivity contribution in [3.63, 3.8) is 0 Å². The molecule has 0 radical (unpaired) electrons. The average molecular weight is 350 g/mol. The van der Waals surface area contributed by atoms with Gasteiger partial charge in [-0.2, -0.15) is 18.3 Å². The summed E-state index contributed by atoms with van der Waals surface area (Å²) in [6.07, 6.45) is -1.44. The van der Waals surface area contributed by atoms with Crippen LogP contribution in [0.25, 0.3) is 5.69 Å². The Morgan fingerprint density at radius 1 is 1.20 bits per heavy atom. The zero-order chi connectivity index (χ0) is 17.8. The molecule has 2 aromatic rings. The number of carbonyl (C=O) groups is 1. The summed E-state index contributed by atoms with van der Waals surface area (Å²) in [5.41, 5.74) is 0.193. The monoisotopic (exact) mass is 350 g/mol. The molecule has 4 nitrogen and oxygen atoms in total. The van der Waals surface area contributed by atoms with Gasteiger partial charge in [-0.05, 0) is 62.3 Å². The number of esters is 1. The molecule has 2 atom stereocenters. The molecule has 2 fully saturated rings. The lowest BCUT2D eigenvalue weighted by Gasteiger charge is -2.12. The minimum atomic E-state index is -4.43. The number of halogens is 3. The van der Waals surface area contributed by atoms with Crippen LogP contribution in [0.2, 0.25) is 0 Å². The van der Waals surface area contributed by atoms with E-state index < -0.39 is 17.7 Å². The summed E-state index contributed by atoms with van der Waals surface area (Å²) >= 11 is 0. The van der Waals surface area contributed by atoms with Gasteiger partial charge in [-0.15, -0.1) is 0 Å². The van der Waals surface area contributed by atoms with Crippen molar-refractivity contribution in [1.82, 2.24) is 9.78 Å². The van der Waals surface area contributed by atoms with Crippen LogP contribution in [0, 0.1) is 18.8 Å². The molecule has 2 aliphatic rings. The molecule has 2 unspecified atom stereocenters. The summed E-state index contributed by atoms with van der Waals surface area (Å²) in [7, 11) is 0. The molecule has 0 amide bonds. The van der Waals surface area contributed by atoms with Crippen molar-refractivity contribution in [3.8, 4) is 5.69 Å². The van der Waals surface area contributed by atoms with E-state index in [0.29, 0.717) is 17.5 Å². The van der Waals surface area contributed by atoms with E-state index in [9.17, 15) is 18.0 Å². The maximum Gasteiger partial charge on any atom is 0.416 e. The van der Waals surface area contributed by atoms with E-state index in [4.69, 9.17) is 4.74 Å². The van der Waals surface area contributed by atoms with E-state index in [1.165, 1.54) is 29.3 Å². The summed E-state index contributed by atoms with van der Waals surface area (Å²) in [6, 6.07) is 6.40. The summed E-state index contributed by atoms with van der Waals surface area (Å²) in [4.78, 5) is 12.3. The van der Waals surface area contributed by atoms with E-state index in [1.54, 1.807) is 6.92 Å². The van der Waals surface area contributed by atoms with Crippen LogP contribution in [0.15, 0.2) is 30.3 Å². The molecule has 2 aliphatic carbocycles. The molecule has 0 aliphatic heterocycles. The molecule has 2 saturated carbocycles. The Bertz CT molecular complexity index is 818. The molecule has 0 bridgehead atoms. The van der Waals surface area contributed by atoms with Gasteiger partial charge in [0.1, 0.15) is 6.10 Å². The Labute approximate surface area is 142 Å². The molecule has 0 spiro atoms. The lowest BCUT2D eigenvalue weighted by atomic mass is 10.2. The van der Waals surface area contributed by atoms with Gasteiger partial charge in [0.05, 0.1) is 11.3 Å². The van der Waals surface area contributed by atoms with Crippen LogP contribution < -0.4 is 0 Å². The van der Waals surface area contributed by atoms with Crippen LogP contribution in [0.3, 0.4) is 0 Å². The Kier molecular flexibility index (Phi) is 3.63. The zero-order valence-electron chi connectivity index (χ0n) is 13.6. The molecule has 7 heteroatoms. The maximum absolute atomic E-state index is 12.9. The molecule has 1 aromatic heterocycles. The van der Waals surface area contributed by atoms with E-state index in [2.05, 4.69) is 5.10 Å². The van der Waals surface area contributed by atoms with Gasteiger partial charge in [-0.3, -0.25) is 0 Å². The standard InChI is InChI=1S/C18H17F3N2O2/c1-10-5-16(17(24)25-15-7-11-6-12(11)8-15)22-23(10)14-4-2-3-13(9-14)18(19,20)21/h2-5,9,11-12,15H,6-8H2,1H3. The van der Waals surface area contributed by atoms with Crippen LogP contribution in [0.5, 0.6) is 0 Å². The van der Waals surface area contributed by atoms with Crippen molar-refractivity contribution in [2.24, 2.45) is 11.8 Å². The van der Waals surface area contributed by atoms with Gasteiger partial charge >= 0.3 is 12.1 Å². The second kappa shape index (κ2) is 5.61. The van der Waals surface area contributed by atoms with Crippen molar-refractivity contribution >= 4 is 5.97 Å². The van der Waals surface area contributed by atoms with E-state index in [-0.39, 0.29) is 17.5 Å². The highest BCUT2D eigenvalue weighted by Gasteiger charge is 2.47. The molecule has 0 N–H and O–H groups in total. The fourth-order valence-corrected chi connectivity index (χ4v) is 3.62. The average Bonchev–Trinajstić information content (AvgIpc) is 2.98. The highest BCUT2D eigenvalue weighted by Crippen LogP contribution is 2.52. The molecule has 0 saturated heterocycles. The third-order valence-corrected chi connectivity index (χ3v) is 4.99. The maximum atomic E-state index is 12.9. The first-order valence-corrected chi connectivity index (χ1v) is 8.26. The summed E-state index contributed by atoms with van der Waals surface area (Å²) in [5, 5.41) is 4.15. The van der Waals surface area contributed by atoms with Gasteiger partial charge in [-0.25, -0.2) is 9.48 Å². The Balaban J connectivity index is 1.54. The number of ether oxygens (including phenoxy) is 1. The largest absolute Gasteiger partial charge is 0.458 e. The topological polar surface area (TPSA) is 44.1 Å². The van der Waals surface area contributed by atoms with Crippen molar-refractivity contribution in [3.05, 3.63) is 47.3 Å². The van der Waals surface area contributed by atoms with Crippen LogP contribution in [-0.4, -0.2) is 21.9 Å². The minimum Gasteiger partial charge on any atom is -0.458 e. The third-order valence-electron chi connectivity index (χ3n) is 4.99. The van der Waals surface area contributed by atoms with Gasteiger partial charge in [-0.1, -0.05) is 6.07 Å². The van der Waals surface area contributed by atoms with Crippen LogP contribution in [0.1, 0.15) is 41.0 Å². The molecule has 25 heavy (non-hydrogen) atoms. The summed E-state index contributed by atoms with van der Waals surface area (Å²) in [6.45, 7) is 1.69. The zero-order valence-corrected chi connectivity index (χ0v) is 13.6. The number of alkyl halides is 3. The van der Waals surface area contributed by atoms with E-state index >= 15 is 0 Å². The minimum absolute atomic E-state index is 0.0599. The lowest BCUT2D eigenvalue weighted by molar-refractivity contribution is -0.137. The molecule has 4 rings (SSSR count). The lowest BCUT2D eigenvalue weighted by Crippen LogP contribution is -2.17. The normalized spacial score (nSPS) is 24.9. The number of fused-ring (bicyclic) bond motifs is 1. The Morgan fingerprint density at radius 3 is 2.60 bits per heavy atom. The Morgan fingerprint density at radius 2 is 1.92 bits per heavy atom. The molecular weight excluding hydrogens is 333 g/mol. The smallest absolute Gasteiger partial charge is 0.416 e. The Hall–Kier alpha value is -2.31. The van der Waals surface area contributed by atoms with Crippen LogP contribution >= 0.6 is 0 Å². The number of aryl methyl sites for hydroxylation is 1. The quantitative estimate of drug-likeness (QED) is 0.781. The SMILES string of the molecule is Cc1cc(C(=O)OC2CC3CC3C2)nn1-c1cccc(C(F)(F)F)c1. The first-order valence-electron chi connectivity index (χ1n) is 8.26. The third kappa shape index (κ3) is 3.15. The summed E-state index contributed by atoms with van der Waals surface area (Å²) < 4.78 is 45.4. The van der Waals surface area contributed by atoms with Crippen LogP contribution in [0.4, 0.5) is 13.2 Å². The predicted octanol–water partition coefficient (Wildman–Crippen LogP) is 4.15. The number of aromatic nitrogens is 2. The van der Waals surface area contributed by atoms with E-state index in [1.807, 2.05) is 0 Å². The fraction of sp³-hybridized carbons (Fsp3) is 0.444. The number of benzene rings is 1. The molecule has 132 valence electrons. The number of hydrogen-bond acceptors (Lipinski definition) is 3. The first kappa shape index (κ1) is 16.2. The van der Waals surface area contributed by atoms with Crippen LogP contribution in [-0.2, 0) is 10.9 Å². The number of rotatable bonds is 3. The van der Waals surface area contributed by atoms with Gasteiger partial charge < -0.3 is 4.74 Å². The number of nitrogens with zero attached hydrogens (tertiary/aromatic N) is 2. The summed E-state index contributed by atoms with van der Waals surface area (Å²) in [5.74, 6) is 0.879. The van der Waals surface area contributed by atoms with Crippen molar-refractivity contribution in [2.45, 2.75) is 38.5 Å². The highest BCUT2D eigenvalue weighted by atomic mass is 19.4. The van der Waals surface area contributed by atoms with Crippen molar-refractivity contribution in [1.29, 1.82) is 0 Å². The first-order chi connectivity index (χ1) is 11.8. The van der Waals surface area contributed by atoms with Crippen molar-refractivity contribution < 1.29 is 22.7 Å². The van der Waals surface area contributed by atoms with Crippen molar-refractivity contribution in [2.75, 3.05) is 0 Å². The van der Waals surface area contributed by atoms with E-state index in [0.717, 1.165) is 25.0 Å². The molecule has 1 heterocycles.